The van der Waals surface area contributed by atoms with Crippen LogP contribution in [0.2, 0.25) is 0 Å². The fourth-order valence-corrected chi connectivity index (χ4v) is 2.32. The summed E-state index contributed by atoms with van der Waals surface area (Å²) in [7, 11) is 0. The van der Waals surface area contributed by atoms with Crippen LogP contribution in [0.15, 0.2) is 24.3 Å². The van der Waals surface area contributed by atoms with Crippen LogP contribution in [0.4, 0.5) is 5.69 Å². The Kier molecular flexibility index (Phi) is 4.85. The molecule has 0 atom stereocenters. The molecule has 1 aromatic carbocycles. The number of carbonyl (C=O) groups excluding carboxylic acids is 2. The second kappa shape index (κ2) is 6.83. The second-order valence-electron chi connectivity index (χ2n) is 4.99. The zero-order chi connectivity index (χ0) is 14.4. The predicted octanol–water partition coefficient (Wildman–Crippen LogP) is 1.41. The van der Waals surface area contributed by atoms with Gasteiger partial charge in [-0.1, -0.05) is 6.07 Å². The van der Waals surface area contributed by atoms with Gasteiger partial charge in [-0.3, -0.25) is 9.69 Å². The average Bonchev–Trinajstić information content (AvgIpc) is 2.48. The lowest BCUT2D eigenvalue weighted by Gasteiger charge is -2.28. The minimum atomic E-state index is -0.0929. The normalized spacial score (nSPS) is 16.4. The first-order chi connectivity index (χ1) is 9.71. The molecule has 20 heavy (non-hydrogen) atoms. The summed E-state index contributed by atoms with van der Waals surface area (Å²) < 4.78 is 0. The standard InChI is InChI=1S/C15H17N3O2/c16-9-13-2-1-3-14(8-13)17-15(20)10-18-6-4-12(11-19)5-7-18/h1-3,8,11-12H,4-7,10H2,(H,17,20). The van der Waals surface area contributed by atoms with Crippen molar-refractivity contribution in [2.75, 3.05) is 25.0 Å². The minimum Gasteiger partial charge on any atom is -0.325 e. The van der Waals surface area contributed by atoms with Crippen molar-refractivity contribution in [3.8, 4) is 6.07 Å². The van der Waals surface area contributed by atoms with E-state index in [4.69, 9.17) is 5.26 Å². The fraction of sp³-hybridized carbons (Fsp3) is 0.400. The van der Waals surface area contributed by atoms with Gasteiger partial charge in [0.05, 0.1) is 18.2 Å². The summed E-state index contributed by atoms with van der Waals surface area (Å²) in [4.78, 5) is 24.6. The van der Waals surface area contributed by atoms with Gasteiger partial charge in [0.2, 0.25) is 5.91 Å². The highest BCUT2D eigenvalue weighted by molar-refractivity contribution is 5.92. The summed E-state index contributed by atoms with van der Waals surface area (Å²) in [6.07, 6.45) is 2.65. The maximum absolute atomic E-state index is 11.9. The number of anilines is 1. The summed E-state index contributed by atoms with van der Waals surface area (Å²) in [5, 5.41) is 11.6. The van der Waals surface area contributed by atoms with Crippen molar-refractivity contribution >= 4 is 17.9 Å². The van der Waals surface area contributed by atoms with Gasteiger partial charge in [0, 0.05) is 11.6 Å². The molecular weight excluding hydrogens is 254 g/mol. The molecule has 1 aliphatic rings. The number of nitriles is 1. The van der Waals surface area contributed by atoms with Crippen molar-refractivity contribution in [1.29, 1.82) is 5.26 Å². The van der Waals surface area contributed by atoms with Gasteiger partial charge in [-0.25, -0.2) is 0 Å². The van der Waals surface area contributed by atoms with Crippen molar-refractivity contribution in [1.82, 2.24) is 4.90 Å². The van der Waals surface area contributed by atoms with Gasteiger partial charge < -0.3 is 10.1 Å². The molecule has 0 radical (unpaired) electrons. The monoisotopic (exact) mass is 271 g/mol. The Bertz CT molecular complexity index is 528. The van der Waals surface area contributed by atoms with Crippen molar-refractivity contribution < 1.29 is 9.59 Å². The number of hydrogen-bond acceptors (Lipinski definition) is 4. The molecule has 2 rings (SSSR count). The van der Waals surface area contributed by atoms with E-state index in [0.717, 1.165) is 32.2 Å². The molecule has 1 aliphatic heterocycles. The molecule has 0 aromatic heterocycles. The van der Waals surface area contributed by atoms with E-state index in [1.165, 1.54) is 0 Å². The maximum atomic E-state index is 11.9. The third-order valence-electron chi connectivity index (χ3n) is 3.47. The Labute approximate surface area is 118 Å². The second-order valence-corrected chi connectivity index (χ2v) is 4.99. The smallest absolute Gasteiger partial charge is 0.238 e. The largest absolute Gasteiger partial charge is 0.325 e. The molecule has 104 valence electrons. The molecule has 0 unspecified atom stereocenters. The highest BCUT2D eigenvalue weighted by Gasteiger charge is 2.20. The average molecular weight is 271 g/mol. The lowest BCUT2D eigenvalue weighted by atomic mass is 9.99. The molecule has 1 N–H and O–H groups in total. The predicted molar refractivity (Wildman–Crippen MR) is 75.0 cm³/mol. The molecular formula is C15H17N3O2. The van der Waals surface area contributed by atoms with E-state index in [1.807, 2.05) is 11.0 Å². The van der Waals surface area contributed by atoms with E-state index in [-0.39, 0.29) is 11.8 Å². The van der Waals surface area contributed by atoms with Crippen LogP contribution >= 0.6 is 0 Å². The molecule has 1 amide bonds. The highest BCUT2D eigenvalue weighted by atomic mass is 16.2. The van der Waals surface area contributed by atoms with Crippen LogP contribution in [-0.4, -0.2) is 36.7 Å². The first kappa shape index (κ1) is 14.2. The van der Waals surface area contributed by atoms with Crippen molar-refractivity contribution in [2.24, 2.45) is 5.92 Å². The van der Waals surface area contributed by atoms with Crippen LogP contribution in [0, 0.1) is 17.2 Å². The zero-order valence-corrected chi connectivity index (χ0v) is 11.2. The Morgan fingerprint density at radius 3 is 2.85 bits per heavy atom. The van der Waals surface area contributed by atoms with Crippen molar-refractivity contribution in [3.63, 3.8) is 0 Å². The molecule has 1 heterocycles. The van der Waals surface area contributed by atoms with Gasteiger partial charge in [0.1, 0.15) is 6.29 Å². The zero-order valence-electron chi connectivity index (χ0n) is 11.2. The van der Waals surface area contributed by atoms with Crippen LogP contribution in [0.3, 0.4) is 0 Å². The topological polar surface area (TPSA) is 73.2 Å². The number of amides is 1. The summed E-state index contributed by atoms with van der Waals surface area (Å²) >= 11 is 0. The van der Waals surface area contributed by atoms with Gasteiger partial charge >= 0.3 is 0 Å². The number of hydrogen-bond donors (Lipinski definition) is 1. The number of nitrogens with one attached hydrogen (secondary N) is 1. The van der Waals surface area contributed by atoms with Gasteiger partial charge in [-0.15, -0.1) is 0 Å². The van der Waals surface area contributed by atoms with Gasteiger partial charge in [0.15, 0.2) is 0 Å². The lowest BCUT2D eigenvalue weighted by molar-refractivity contribution is -0.117. The Hall–Kier alpha value is -2.19. The molecule has 1 aromatic rings. The Morgan fingerprint density at radius 2 is 2.20 bits per heavy atom. The molecule has 5 heteroatoms. The minimum absolute atomic E-state index is 0.0929. The number of carbonyl (C=O) groups is 2. The molecule has 0 spiro atoms. The molecule has 1 saturated heterocycles. The van der Waals surface area contributed by atoms with Crippen LogP contribution in [0.25, 0.3) is 0 Å². The van der Waals surface area contributed by atoms with E-state index in [0.29, 0.717) is 17.8 Å². The number of piperidine rings is 1. The fourth-order valence-electron chi connectivity index (χ4n) is 2.32. The van der Waals surface area contributed by atoms with Crippen molar-refractivity contribution in [2.45, 2.75) is 12.8 Å². The molecule has 5 nitrogen and oxygen atoms in total. The van der Waals surface area contributed by atoms with Gasteiger partial charge in [0.25, 0.3) is 0 Å². The van der Waals surface area contributed by atoms with Gasteiger partial charge in [-0.05, 0) is 44.1 Å². The summed E-state index contributed by atoms with van der Waals surface area (Å²) in [6.45, 7) is 1.87. The first-order valence-electron chi connectivity index (χ1n) is 6.69. The van der Waals surface area contributed by atoms with E-state index < -0.39 is 0 Å². The Balaban J connectivity index is 1.84. The maximum Gasteiger partial charge on any atom is 0.238 e. The molecule has 1 fully saturated rings. The van der Waals surface area contributed by atoms with Crippen molar-refractivity contribution in [3.05, 3.63) is 29.8 Å². The van der Waals surface area contributed by atoms with E-state index >= 15 is 0 Å². The molecule has 0 bridgehead atoms. The quantitative estimate of drug-likeness (QED) is 0.840. The number of rotatable bonds is 4. The lowest BCUT2D eigenvalue weighted by Crippen LogP contribution is -2.39. The Morgan fingerprint density at radius 1 is 1.45 bits per heavy atom. The van der Waals surface area contributed by atoms with Crippen LogP contribution in [0.1, 0.15) is 18.4 Å². The third-order valence-corrected chi connectivity index (χ3v) is 3.47. The van der Waals surface area contributed by atoms with Gasteiger partial charge in [-0.2, -0.15) is 5.26 Å². The number of aldehydes is 1. The first-order valence-corrected chi connectivity index (χ1v) is 6.69. The van der Waals surface area contributed by atoms with Crippen LogP contribution in [-0.2, 0) is 9.59 Å². The summed E-state index contributed by atoms with van der Waals surface area (Å²) in [5.74, 6) is 0.0475. The molecule has 0 aliphatic carbocycles. The third kappa shape index (κ3) is 3.90. The summed E-state index contributed by atoms with van der Waals surface area (Å²) in [5.41, 5.74) is 1.16. The molecule has 0 saturated carbocycles. The van der Waals surface area contributed by atoms with E-state index in [2.05, 4.69) is 5.32 Å². The SMILES string of the molecule is N#Cc1cccc(NC(=O)CN2CCC(C=O)CC2)c1. The van der Waals surface area contributed by atoms with E-state index in [1.54, 1.807) is 24.3 Å². The number of likely N-dealkylation sites (tertiary alicyclic amines) is 1. The number of benzene rings is 1. The summed E-state index contributed by atoms with van der Waals surface area (Å²) in [6, 6.07) is 8.88. The van der Waals surface area contributed by atoms with Crippen LogP contribution in [0.5, 0.6) is 0 Å². The number of nitrogens with zero attached hydrogens (tertiary/aromatic N) is 2. The highest BCUT2D eigenvalue weighted by Crippen LogP contribution is 2.15. The van der Waals surface area contributed by atoms with E-state index in [9.17, 15) is 9.59 Å². The van der Waals surface area contributed by atoms with Crippen LogP contribution < -0.4 is 5.32 Å².